The second-order valence-electron chi connectivity index (χ2n) is 6.69. The first kappa shape index (κ1) is 17.1. The molecule has 0 atom stereocenters. The van der Waals surface area contributed by atoms with Gasteiger partial charge in [0.05, 0.1) is 19.1 Å². The molecule has 5 heteroatoms. The molecule has 2 aliphatic rings. The quantitative estimate of drug-likeness (QED) is 0.867. The van der Waals surface area contributed by atoms with Gasteiger partial charge in [0.1, 0.15) is 0 Å². The van der Waals surface area contributed by atoms with E-state index in [0.717, 1.165) is 50.1 Å². The molecule has 0 saturated heterocycles. The molecule has 3 rings (SSSR count). The van der Waals surface area contributed by atoms with Crippen LogP contribution in [-0.4, -0.2) is 30.8 Å². The highest BCUT2D eigenvalue weighted by Gasteiger charge is 2.41. The molecule has 24 heavy (non-hydrogen) atoms. The van der Waals surface area contributed by atoms with E-state index in [4.69, 9.17) is 9.47 Å². The van der Waals surface area contributed by atoms with E-state index >= 15 is 0 Å². The lowest BCUT2D eigenvalue weighted by Crippen LogP contribution is -2.50. The van der Waals surface area contributed by atoms with Gasteiger partial charge in [-0.25, -0.2) is 0 Å². The minimum Gasteiger partial charge on any atom is -0.490 e. The van der Waals surface area contributed by atoms with Gasteiger partial charge in [0, 0.05) is 12.1 Å². The van der Waals surface area contributed by atoms with Crippen LogP contribution in [0, 0.1) is 5.92 Å². The van der Waals surface area contributed by atoms with E-state index < -0.39 is 5.97 Å². The Labute approximate surface area is 143 Å². The molecule has 0 bridgehead atoms. The number of hydrogen-bond donors (Lipinski definition) is 2. The maximum atomic E-state index is 11.3. The van der Waals surface area contributed by atoms with E-state index in [9.17, 15) is 9.90 Å². The number of carboxylic acids is 1. The van der Waals surface area contributed by atoms with Gasteiger partial charge in [0.15, 0.2) is 11.5 Å². The number of benzene rings is 1. The minimum atomic E-state index is -0.664. The molecule has 0 unspecified atom stereocenters. The highest BCUT2D eigenvalue weighted by Crippen LogP contribution is 2.45. The van der Waals surface area contributed by atoms with Crippen LogP contribution in [0.25, 0.3) is 0 Å². The molecule has 132 valence electrons. The van der Waals surface area contributed by atoms with E-state index in [1.54, 1.807) is 0 Å². The van der Waals surface area contributed by atoms with Crippen LogP contribution in [0.2, 0.25) is 0 Å². The molecule has 1 heterocycles. The predicted octanol–water partition coefficient (Wildman–Crippen LogP) is 3.10. The molecule has 0 radical (unpaired) electrons. The highest BCUT2D eigenvalue weighted by atomic mass is 16.5. The van der Waals surface area contributed by atoms with Crippen LogP contribution >= 0.6 is 0 Å². The number of carboxylic acid groups (broad SMARTS) is 1. The summed E-state index contributed by atoms with van der Waals surface area (Å²) in [6.07, 6.45) is 4.12. The summed E-state index contributed by atoms with van der Waals surface area (Å²) in [7, 11) is 0. The average Bonchev–Trinajstić information content (AvgIpc) is 2.57. The summed E-state index contributed by atoms with van der Waals surface area (Å²) in [6, 6.07) is 4.24. The third-order valence-electron chi connectivity index (χ3n) is 5.33. The lowest BCUT2D eigenvalue weighted by atomic mass is 9.69. The zero-order valence-electron chi connectivity index (χ0n) is 14.6. The largest absolute Gasteiger partial charge is 0.490 e. The molecular weight excluding hydrogens is 306 g/mol. The van der Waals surface area contributed by atoms with Crippen molar-refractivity contribution in [3.8, 4) is 11.5 Å². The van der Waals surface area contributed by atoms with Gasteiger partial charge < -0.3 is 19.9 Å². The van der Waals surface area contributed by atoms with Crippen molar-refractivity contribution in [2.24, 2.45) is 5.92 Å². The standard InChI is InChI=1S/C19H27NO4/c1-3-23-16-11-14-7-10-20-19(15(14)12-17(16)24-4-2)8-5-13(6-9-19)18(21)22/h11-13,20H,3-10H2,1-2H3,(H,21,22)/t13-,19+. The number of carbonyl (C=O) groups is 1. The number of fused-ring (bicyclic) bond motifs is 2. The van der Waals surface area contributed by atoms with Crippen molar-refractivity contribution in [1.82, 2.24) is 5.32 Å². The maximum Gasteiger partial charge on any atom is 0.306 e. The fraction of sp³-hybridized carbons (Fsp3) is 0.632. The number of rotatable bonds is 5. The molecule has 1 fully saturated rings. The summed E-state index contributed by atoms with van der Waals surface area (Å²) >= 11 is 0. The zero-order chi connectivity index (χ0) is 17.2. The Balaban J connectivity index is 1.94. The highest BCUT2D eigenvalue weighted by molar-refractivity contribution is 5.70. The van der Waals surface area contributed by atoms with Gasteiger partial charge in [-0.3, -0.25) is 4.79 Å². The first-order valence-electron chi connectivity index (χ1n) is 9.00. The Morgan fingerprint density at radius 1 is 1.21 bits per heavy atom. The van der Waals surface area contributed by atoms with Crippen LogP contribution in [0.15, 0.2) is 12.1 Å². The summed E-state index contributed by atoms with van der Waals surface area (Å²) in [6.45, 7) is 6.08. The number of hydrogen-bond acceptors (Lipinski definition) is 4. The third-order valence-corrected chi connectivity index (χ3v) is 5.33. The molecule has 5 nitrogen and oxygen atoms in total. The van der Waals surface area contributed by atoms with Crippen molar-refractivity contribution in [3.05, 3.63) is 23.3 Å². The van der Waals surface area contributed by atoms with E-state index in [2.05, 4.69) is 17.4 Å². The summed E-state index contributed by atoms with van der Waals surface area (Å²) in [5.41, 5.74) is 2.45. The number of nitrogens with one attached hydrogen (secondary N) is 1. The molecule has 1 saturated carbocycles. The zero-order valence-corrected chi connectivity index (χ0v) is 14.6. The van der Waals surface area contributed by atoms with Gasteiger partial charge in [-0.1, -0.05) is 0 Å². The SMILES string of the molecule is CCOc1cc2c(cc1OCC)[C@]1(CC[C@H](C(=O)O)CC1)NCC2. The van der Waals surface area contributed by atoms with Crippen LogP contribution < -0.4 is 14.8 Å². The van der Waals surface area contributed by atoms with Crippen molar-refractivity contribution in [2.75, 3.05) is 19.8 Å². The lowest BCUT2D eigenvalue weighted by molar-refractivity contribution is -0.143. The molecule has 1 aromatic rings. The third kappa shape index (κ3) is 3.09. The Morgan fingerprint density at radius 3 is 2.42 bits per heavy atom. The van der Waals surface area contributed by atoms with Crippen LogP contribution in [0.1, 0.15) is 50.7 Å². The van der Waals surface area contributed by atoms with Crippen molar-refractivity contribution in [3.63, 3.8) is 0 Å². The molecule has 0 aromatic heterocycles. The lowest BCUT2D eigenvalue weighted by Gasteiger charge is -2.44. The monoisotopic (exact) mass is 333 g/mol. The Morgan fingerprint density at radius 2 is 1.83 bits per heavy atom. The molecule has 1 aliphatic carbocycles. The smallest absolute Gasteiger partial charge is 0.306 e. The van der Waals surface area contributed by atoms with E-state index in [-0.39, 0.29) is 11.5 Å². The van der Waals surface area contributed by atoms with Crippen molar-refractivity contribution in [1.29, 1.82) is 0 Å². The summed E-state index contributed by atoms with van der Waals surface area (Å²) in [4.78, 5) is 11.3. The normalized spacial score (nSPS) is 26.0. The summed E-state index contributed by atoms with van der Waals surface area (Å²) in [5.74, 6) is 0.732. The fourth-order valence-electron chi connectivity index (χ4n) is 4.13. The van der Waals surface area contributed by atoms with Gasteiger partial charge in [0.2, 0.25) is 0 Å². The molecule has 1 aliphatic heterocycles. The van der Waals surface area contributed by atoms with Crippen LogP contribution in [-0.2, 0) is 16.8 Å². The molecule has 1 aromatic carbocycles. The van der Waals surface area contributed by atoms with E-state index in [1.165, 1.54) is 11.1 Å². The first-order valence-corrected chi connectivity index (χ1v) is 9.00. The van der Waals surface area contributed by atoms with E-state index in [1.807, 2.05) is 13.8 Å². The second-order valence-corrected chi connectivity index (χ2v) is 6.69. The van der Waals surface area contributed by atoms with Crippen LogP contribution in [0.3, 0.4) is 0 Å². The average molecular weight is 333 g/mol. The predicted molar refractivity (Wildman–Crippen MR) is 91.8 cm³/mol. The first-order chi connectivity index (χ1) is 11.6. The Hall–Kier alpha value is -1.75. The van der Waals surface area contributed by atoms with Crippen molar-refractivity contribution < 1.29 is 19.4 Å². The van der Waals surface area contributed by atoms with Gasteiger partial charge >= 0.3 is 5.97 Å². The van der Waals surface area contributed by atoms with Crippen LogP contribution in [0.5, 0.6) is 11.5 Å². The number of aliphatic carboxylic acids is 1. The number of ether oxygens (including phenoxy) is 2. The minimum absolute atomic E-state index is 0.115. The summed E-state index contributed by atoms with van der Waals surface area (Å²) < 4.78 is 11.6. The van der Waals surface area contributed by atoms with Crippen molar-refractivity contribution in [2.45, 2.75) is 51.5 Å². The topological polar surface area (TPSA) is 67.8 Å². The maximum absolute atomic E-state index is 11.3. The Bertz CT molecular complexity index is 606. The fourth-order valence-corrected chi connectivity index (χ4v) is 4.13. The van der Waals surface area contributed by atoms with Gasteiger partial charge in [-0.2, -0.15) is 0 Å². The Kier molecular flexibility index (Phi) is 4.99. The molecule has 1 spiro atoms. The van der Waals surface area contributed by atoms with Gasteiger partial charge in [0.25, 0.3) is 0 Å². The molecular formula is C19H27NO4. The molecule has 0 amide bonds. The van der Waals surface area contributed by atoms with E-state index in [0.29, 0.717) is 13.2 Å². The summed E-state index contributed by atoms with van der Waals surface area (Å²) in [5, 5.41) is 13.0. The molecule has 2 N–H and O–H groups in total. The van der Waals surface area contributed by atoms with Crippen molar-refractivity contribution >= 4 is 5.97 Å². The van der Waals surface area contributed by atoms with Gasteiger partial charge in [-0.05, 0) is 69.2 Å². The van der Waals surface area contributed by atoms with Crippen LogP contribution in [0.4, 0.5) is 0 Å². The second kappa shape index (κ2) is 7.01. The van der Waals surface area contributed by atoms with Gasteiger partial charge in [-0.15, -0.1) is 0 Å².